The molecule has 0 fully saturated rings. The maximum absolute atomic E-state index is 13.0. The summed E-state index contributed by atoms with van der Waals surface area (Å²) in [6.45, 7) is 9.97. The number of carbonyl (C=O) groups excluding carboxylic acids is 2. The fourth-order valence-electron chi connectivity index (χ4n) is 3.65. The van der Waals surface area contributed by atoms with Crippen molar-refractivity contribution >= 4 is 29.0 Å². The molecule has 2 aromatic carbocycles. The van der Waals surface area contributed by atoms with Crippen LogP contribution in [0.2, 0.25) is 5.02 Å². The van der Waals surface area contributed by atoms with E-state index in [1.807, 2.05) is 37.3 Å². The molecule has 1 heterocycles. The molecule has 1 aliphatic heterocycles. The summed E-state index contributed by atoms with van der Waals surface area (Å²) in [5.41, 5.74) is 3.45. The summed E-state index contributed by atoms with van der Waals surface area (Å²) in [4.78, 5) is 27.2. The average Bonchev–Trinajstić information content (AvgIpc) is 2.93. The Kier molecular flexibility index (Phi) is 5.59. The molecule has 3 rings (SSSR count). The zero-order valence-electron chi connectivity index (χ0n) is 17.4. The molecular formula is C24H26ClNO3. The third-order valence-corrected chi connectivity index (χ3v) is 5.59. The van der Waals surface area contributed by atoms with Crippen LogP contribution in [0.1, 0.15) is 56.8 Å². The van der Waals surface area contributed by atoms with E-state index in [1.165, 1.54) is 4.90 Å². The molecule has 0 aliphatic carbocycles. The first kappa shape index (κ1) is 21.1. The molecule has 0 saturated carbocycles. The number of amides is 1. The highest BCUT2D eigenvalue weighted by Gasteiger charge is 2.44. The topological polar surface area (TPSA) is 57.6 Å². The number of hydrogen-bond donors (Lipinski definition) is 1. The van der Waals surface area contributed by atoms with Crippen molar-refractivity contribution in [1.29, 1.82) is 0 Å². The lowest BCUT2D eigenvalue weighted by Gasteiger charge is -2.29. The van der Waals surface area contributed by atoms with Gasteiger partial charge in [0.25, 0.3) is 5.91 Å². The number of aliphatic hydroxyl groups excluding tert-OH is 1. The standard InChI is InChI=1S/C24H26ClNO3/c1-6-19(27)20-21(15-8-10-16(11-9-15)24(3,4)5)26(23(29)22(20)28)18-13-17(25)12-7-14(18)2/h7-13,21,28H,6H2,1-5H3. The highest BCUT2D eigenvalue weighted by Crippen LogP contribution is 2.43. The highest BCUT2D eigenvalue weighted by molar-refractivity contribution is 6.31. The number of aliphatic hydroxyl groups is 1. The van der Waals surface area contributed by atoms with E-state index in [0.717, 1.165) is 16.7 Å². The van der Waals surface area contributed by atoms with E-state index in [-0.39, 0.29) is 23.2 Å². The Hall–Kier alpha value is -2.59. The molecule has 0 bridgehead atoms. The number of aryl methyl sites for hydroxylation is 1. The van der Waals surface area contributed by atoms with E-state index in [0.29, 0.717) is 10.7 Å². The highest BCUT2D eigenvalue weighted by atomic mass is 35.5. The van der Waals surface area contributed by atoms with Crippen LogP contribution in [0, 0.1) is 6.92 Å². The average molecular weight is 412 g/mol. The number of benzene rings is 2. The van der Waals surface area contributed by atoms with Crippen LogP contribution in [-0.2, 0) is 15.0 Å². The van der Waals surface area contributed by atoms with Gasteiger partial charge in [-0.15, -0.1) is 0 Å². The zero-order valence-corrected chi connectivity index (χ0v) is 18.2. The number of Topliss-reactive ketones (excluding diaryl/α,β-unsaturated/α-hetero) is 1. The van der Waals surface area contributed by atoms with Gasteiger partial charge in [-0.1, -0.05) is 69.6 Å². The molecule has 2 aromatic rings. The summed E-state index contributed by atoms with van der Waals surface area (Å²) >= 11 is 6.19. The van der Waals surface area contributed by atoms with Gasteiger partial charge in [0.05, 0.1) is 11.6 Å². The van der Waals surface area contributed by atoms with Crippen LogP contribution in [0.25, 0.3) is 0 Å². The second kappa shape index (κ2) is 7.68. The fraction of sp³-hybridized carbons (Fsp3) is 0.333. The predicted molar refractivity (Wildman–Crippen MR) is 117 cm³/mol. The van der Waals surface area contributed by atoms with Crippen molar-refractivity contribution in [3.8, 4) is 0 Å². The predicted octanol–water partition coefficient (Wildman–Crippen LogP) is 5.83. The molecule has 5 heteroatoms. The molecule has 29 heavy (non-hydrogen) atoms. The molecule has 0 saturated heterocycles. The maximum atomic E-state index is 13.0. The third kappa shape index (κ3) is 3.82. The SMILES string of the molecule is CCC(=O)C1=C(O)C(=O)N(c2cc(Cl)ccc2C)C1c1ccc(C(C)(C)C)cc1. The zero-order chi connectivity index (χ0) is 21.5. The monoisotopic (exact) mass is 411 g/mol. The lowest BCUT2D eigenvalue weighted by Crippen LogP contribution is -2.31. The molecular weight excluding hydrogens is 386 g/mol. The van der Waals surface area contributed by atoms with Crippen LogP contribution < -0.4 is 4.90 Å². The van der Waals surface area contributed by atoms with Gasteiger partial charge in [0.15, 0.2) is 11.5 Å². The molecule has 1 N–H and O–H groups in total. The van der Waals surface area contributed by atoms with Gasteiger partial charge in [-0.25, -0.2) is 0 Å². The quantitative estimate of drug-likeness (QED) is 0.689. The number of halogens is 1. The summed E-state index contributed by atoms with van der Waals surface area (Å²) in [5.74, 6) is -1.32. The van der Waals surface area contributed by atoms with E-state index >= 15 is 0 Å². The van der Waals surface area contributed by atoms with Crippen LogP contribution in [0.5, 0.6) is 0 Å². The normalized spacial score (nSPS) is 17.2. The lowest BCUT2D eigenvalue weighted by atomic mass is 9.85. The first-order valence-corrected chi connectivity index (χ1v) is 10.1. The Morgan fingerprint density at radius 1 is 1.14 bits per heavy atom. The first-order chi connectivity index (χ1) is 13.6. The Labute approximate surface area is 176 Å². The van der Waals surface area contributed by atoms with Crippen molar-refractivity contribution < 1.29 is 14.7 Å². The Balaban J connectivity index is 2.19. The smallest absolute Gasteiger partial charge is 0.294 e. The Bertz CT molecular complexity index is 1000. The van der Waals surface area contributed by atoms with E-state index in [1.54, 1.807) is 19.1 Å². The summed E-state index contributed by atoms with van der Waals surface area (Å²) in [6, 6.07) is 12.4. The molecule has 0 aromatic heterocycles. The summed E-state index contributed by atoms with van der Waals surface area (Å²) in [7, 11) is 0. The number of hydrogen-bond acceptors (Lipinski definition) is 3. The Morgan fingerprint density at radius 3 is 2.31 bits per heavy atom. The Morgan fingerprint density at radius 2 is 1.76 bits per heavy atom. The second-order valence-corrected chi connectivity index (χ2v) is 8.86. The van der Waals surface area contributed by atoms with Gasteiger partial charge < -0.3 is 5.11 Å². The molecule has 4 nitrogen and oxygen atoms in total. The molecule has 1 amide bonds. The largest absolute Gasteiger partial charge is 0.503 e. The maximum Gasteiger partial charge on any atom is 0.294 e. The van der Waals surface area contributed by atoms with Gasteiger partial charge in [-0.3, -0.25) is 14.5 Å². The van der Waals surface area contributed by atoms with Gasteiger partial charge in [-0.05, 0) is 41.2 Å². The van der Waals surface area contributed by atoms with Crippen molar-refractivity contribution in [3.63, 3.8) is 0 Å². The molecule has 1 unspecified atom stereocenters. The van der Waals surface area contributed by atoms with Gasteiger partial charge in [0.2, 0.25) is 0 Å². The van der Waals surface area contributed by atoms with Crippen LogP contribution in [0.3, 0.4) is 0 Å². The number of anilines is 1. The van der Waals surface area contributed by atoms with Gasteiger partial charge in [0, 0.05) is 17.1 Å². The number of ketones is 1. The van der Waals surface area contributed by atoms with Crippen molar-refractivity contribution in [3.05, 3.63) is 75.5 Å². The van der Waals surface area contributed by atoms with E-state index in [4.69, 9.17) is 11.6 Å². The van der Waals surface area contributed by atoms with Crippen LogP contribution in [0.4, 0.5) is 5.69 Å². The van der Waals surface area contributed by atoms with Crippen LogP contribution in [0.15, 0.2) is 53.8 Å². The first-order valence-electron chi connectivity index (χ1n) is 9.72. The minimum atomic E-state index is -0.693. The van der Waals surface area contributed by atoms with Gasteiger partial charge in [-0.2, -0.15) is 0 Å². The lowest BCUT2D eigenvalue weighted by molar-refractivity contribution is -0.118. The molecule has 152 valence electrons. The number of rotatable bonds is 4. The summed E-state index contributed by atoms with van der Waals surface area (Å²) in [5, 5.41) is 11.1. The summed E-state index contributed by atoms with van der Waals surface area (Å²) in [6.07, 6.45) is 0.200. The number of nitrogens with zero attached hydrogens (tertiary/aromatic N) is 1. The molecule has 0 radical (unpaired) electrons. The van der Waals surface area contributed by atoms with Gasteiger partial charge >= 0.3 is 0 Å². The minimum absolute atomic E-state index is 0.0205. The molecule has 0 spiro atoms. The molecule has 1 atom stereocenters. The van der Waals surface area contributed by atoms with E-state index < -0.39 is 17.7 Å². The summed E-state index contributed by atoms with van der Waals surface area (Å²) < 4.78 is 0. The van der Waals surface area contributed by atoms with Crippen molar-refractivity contribution in [2.24, 2.45) is 0 Å². The van der Waals surface area contributed by atoms with Crippen molar-refractivity contribution in [1.82, 2.24) is 0 Å². The van der Waals surface area contributed by atoms with Crippen molar-refractivity contribution in [2.45, 2.75) is 52.5 Å². The number of carbonyl (C=O) groups is 2. The fourth-order valence-corrected chi connectivity index (χ4v) is 3.82. The third-order valence-electron chi connectivity index (χ3n) is 5.35. The van der Waals surface area contributed by atoms with E-state index in [2.05, 4.69) is 20.8 Å². The second-order valence-electron chi connectivity index (χ2n) is 8.42. The van der Waals surface area contributed by atoms with Crippen molar-refractivity contribution in [2.75, 3.05) is 4.90 Å². The van der Waals surface area contributed by atoms with Crippen LogP contribution in [-0.4, -0.2) is 16.8 Å². The molecule has 1 aliphatic rings. The van der Waals surface area contributed by atoms with Gasteiger partial charge in [0.1, 0.15) is 0 Å². The van der Waals surface area contributed by atoms with E-state index in [9.17, 15) is 14.7 Å². The van der Waals surface area contributed by atoms with Crippen LogP contribution >= 0.6 is 11.6 Å². The minimum Gasteiger partial charge on any atom is -0.503 e.